The first-order chi connectivity index (χ1) is 7.10. The summed E-state index contributed by atoms with van der Waals surface area (Å²) in [5.74, 6) is -0.385. The van der Waals surface area contributed by atoms with Crippen LogP contribution in [0.5, 0.6) is 0 Å². The summed E-state index contributed by atoms with van der Waals surface area (Å²) in [4.78, 5) is 11.6. The van der Waals surface area contributed by atoms with Crippen LogP contribution in [-0.2, 0) is 10.1 Å². The number of ether oxygens (including phenoxy) is 1. The first-order valence-electron chi connectivity index (χ1n) is 4.31. The summed E-state index contributed by atoms with van der Waals surface area (Å²) in [6.45, 7) is 2.10. The Morgan fingerprint density at radius 3 is 2.73 bits per heavy atom. The van der Waals surface area contributed by atoms with Gasteiger partial charge in [-0.15, -0.1) is 0 Å². The van der Waals surface area contributed by atoms with Gasteiger partial charge in [-0.05, 0) is 24.6 Å². The highest BCUT2D eigenvalue weighted by Gasteiger charge is 2.16. The van der Waals surface area contributed by atoms with Crippen molar-refractivity contribution in [2.24, 2.45) is 0 Å². The molecule has 1 aromatic rings. The summed E-state index contributed by atoms with van der Waals surface area (Å²) in [6.07, 6.45) is 0. The number of halogens is 3. The molecule has 5 heteroatoms. The number of carbonyl (C=O) groups excluding carboxylic acids is 1. The average molecular weight is 356 g/mol. The van der Waals surface area contributed by atoms with Gasteiger partial charge < -0.3 is 4.74 Å². The van der Waals surface area contributed by atoms with Crippen LogP contribution in [0.4, 0.5) is 0 Å². The molecule has 0 fully saturated rings. The number of rotatable bonds is 3. The fourth-order valence-corrected chi connectivity index (χ4v) is 2.56. The van der Waals surface area contributed by atoms with E-state index >= 15 is 0 Å². The molecule has 0 spiro atoms. The third-order valence-corrected chi connectivity index (χ3v) is 3.12. The molecule has 0 bridgehead atoms. The molecule has 0 aromatic heterocycles. The minimum atomic E-state index is -0.385. The predicted octanol–water partition coefficient (Wildman–Crippen LogP) is 4.17. The Bertz CT molecular complexity index is 380. The van der Waals surface area contributed by atoms with Crippen molar-refractivity contribution in [2.45, 2.75) is 12.3 Å². The van der Waals surface area contributed by atoms with Gasteiger partial charge in [0.05, 0.1) is 17.2 Å². The van der Waals surface area contributed by atoms with E-state index in [2.05, 4.69) is 31.9 Å². The second-order valence-electron chi connectivity index (χ2n) is 2.78. The van der Waals surface area contributed by atoms with Gasteiger partial charge in [0.25, 0.3) is 0 Å². The van der Waals surface area contributed by atoms with Gasteiger partial charge >= 0.3 is 5.97 Å². The SMILES string of the molecule is CCOC(=O)c1c(Cl)cc(Br)cc1CBr. The van der Waals surface area contributed by atoms with Gasteiger partial charge in [0, 0.05) is 9.80 Å². The molecule has 0 unspecified atom stereocenters. The smallest absolute Gasteiger partial charge is 0.339 e. The van der Waals surface area contributed by atoms with Crippen LogP contribution in [0.15, 0.2) is 16.6 Å². The Hall–Kier alpha value is -0.0600. The Balaban J connectivity index is 3.20. The van der Waals surface area contributed by atoms with Crippen molar-refractivity contribution in [3.8, 4) is 0 Å². The van der Waals surface area contributed by atoms with Gasteiger partial charge in [-0.3, -0.25) is 0 Å². The van der Waals surface area contributed by atoms with Crippen LogP contribution in [-0.4, -0.2) is 12.6 Å². The maximum Gasteiger partial charge on any atom is 0.339 e. The van der Waals surface area contributed by atoms with E-state index in [1.54, 1.807) is 13.0 Å². The average Bonchev–Trinajstić information content (AvgIpc) is 2.16. The summed E-state index contributed by atoms with van der Waals surface area (Å²) in [5, 5.41) is 0.956. The molecular weight excluding hydrogens is 347 g/mol. The van der Waals surface area contributed by atoms with Gasteiger partial charge in [-0.1, -0.05) is 43.5 Å². The maximum absolute atomic E-state index is 11.6. The van der Waals surface area contributed by atoms with Crippen LogP contribution in [0, 0.1) is 0 Å². The zero-order chi connectivity index (χ0) is 11.4. The molecule has 0 heterocycles. The molecule has 0 radical (unpaired) electrons. The van der Waals surface area contributed by atoms with Gasteiger partial charge in [-0.25, -0.2) is 4.79 Å². The summed E-state index contributed by atoms with van der Waals surface area (Å²) >= 11 is 12.6. The lowest BCUT2D eigenvalue weighted by atomic mass is 10.1. The van der Waals surface area contributed by atoms with Crippen molar-refractivity contribution in [1.29, 1.82) is 0 Å². The minimum absolute atomic E-state index is 0.340. The lowest BCUT2D eigenvalue weighted by Crippen LogP contribution is -2.08. The van der Waals surface area contributed by atoms with Crippen LogP contribution >= 0.6 is 43.5 Å². The number of carbonyl (C=O) groups is 1. The lowest BCUT2D eigenvalue weighted by molar-refractivity contribution is 0.0525. The topological polar surface area (TPSA) is 26.3 Å². The number of alkyl halides is 1. The summed E-state index contributed by atoms with van der Waals surface area (Å²) < 4.78 is 5.77. The predicted molar refractivity (Wildman–Crippen MR) is 67.7 cm³/mol. The number of hydrogen-bond acceptors (Lipinski definition) is 2. The first-order valence-corrected chi connectivity index (χ1v) is 6.60. The Morgan fingerprint density at radius 2 is 2.20 bits per heavy atom. The van der Waals surface area contributed by atoms with Crippen LogP contribution in [0.3, 0.4) is 0 Å². The van der Waals surface area contributed by atoms with Crippen molar-refractivity contribution in [3.63, 3.8) is 0 Å². The normalized spacial score (nSPS) is 10.1. The highest BCUT2D eigenvalue weighted by atomic mass is 79.9. The van der Waals surface area contributed by atoms with E-state index in [-0.39, 0.29) is 5.97 Å². The largest absolute Gasteiger partial charge is 0.462 e. The number of hydrogen-bond donors (Lipinski definition) is 0. The first kappa shape index (κ1) is 13.0. The number of benzene rings is 1. The summed E-state index contributed by atoms with van der Waals surface area (Å²) in [6, 6.07) is 3.52. The fraction of sp³-hybridized carbons (Fsp3) is 0.300. The lowest BCUT2D eigenvalue weighted by Gasteiger charge is -2.09. The zero-order valence-electron chi connectivity index (χ0n) is 8.02. The molecule has 0 saturated carbocycles. The van der Waals surface area contributed by atoms with Crippen molar-refractivity contribution in [3.05, 3.63) is 32.8 Å². The van der Waals surface area contributed by atoms with Crippen LogP contribution < -0.4 is 0 Å². The van der Waals surface area contributed by atoms with Gasteiger partial charge in [-0.2, -0.15) is 0 Å². The van der Waals surface area contributed by atoms with Crippen molar-refractivity contribution >= 4 is 49.4 Å². The zero-order valence-corrected chi connectivity index (χ0v) is 11.9. The van der Waals surface area contributed by atoms with Crippen molar-refractivity contribution < 1.29 is 9.53 Å². The molecule has 0 aliphatic heterocycles. The Morgan fingerprint density at radius 1 is 1.53 bits per heavy atom. The van der Waals surface area contributed by atoms with E-state index in [1.807, 2.05) is 6.07 Å². The molecule has 0 saturated heterocycles. The molecule has 0 aliphatic carbocycles. The van der Waals surface area contributed by atoms with Gasteiger partial charge in [0.2, 0.25) is 0 Å². The van der Waals surface area contributed by atoms with E-state index in [9.17, 15) is 4.79 Å². The third-order valence-electron chi connectivity index (χ3n) is 1.76. The Labute approximate surface area is 110 Å². The van der Waals surface area contributed by atoms with Crippen molar-refractivity contribution in [2.75, 3.05) is 6.61 Å². The molecule has 1 rings (SSSR count). The molecule has 15 heavy (non-hydrogen) atoms. The highest BCUT2D eigenvalue weighted by Crippen LogP contribution is 2.27. The van der Waals surface area contributed by atoms with E-state index in [1.165, 1.54) is 0 Å². The van der Waals surface area contributed by atoms with Crippen LogP contribution in [0.2, 0.25) is 5.02 Å². The quantitative estimate of drug-likeness (QED) is 0.600. The molecule has 0 N–H and O–H groups in total. The molecule has 0 atom stereocenters. The second kappa shape index (κ2) is 5.87. The summed E-state index contributed by atoms with van der Waals surface area (Å²) in [7, 11) is 0. The van der Waals surface area contributed by atoms with E-state index in [0.29, 0.717) is 22.5 Å². The van der Waals surface area contributed by atoms with E-state index in [0.717, 1.165) is 10.0 Å². The van der Waals surface area contributed by atoms with E-state index in [4.69, 9.17) is 16.3 Å². The minimum Gasteiger partial charge on any atom is -0.462 e. The van der Waals surface area contributed by atoms with Gasteiger partial charge in [0.1, 0.15) is 0 Å². The fourth-order valence-electron chi connectivity index (χ4n) is 1.16. The summed E-state index contributed by atoms with van der Waals surface area (Å²) in [5.41, 5.74) is 1.24. The van der Waals surface area contributed by atoms with Crippen LogP contribution in [0.1, 0.15) is 22.8 Å². The molecule has 0 aliphatic rings. The molecule has 82 valence electrons. The third kappa shape index (κ3) is 3.20. The molecular formula is C10H9Br2ClO2. The monoisotopic (exact) mass is 354 g/mol. The molecule has 1 aromatic carbocycles. The van der Waals surface area contributed by atoms with Gasteiger partial charge in [0.15, 0.2) is 0 Å². The highest BCUT2D eigenvalue weighted by molar-refractivity contribution is 9.10. The maximum atomic E-state index is 11.6. The molecule has 0 amide bonds. The van der Waals surface area contributed by atoms with Crippen molar-refractivity contribution in [1.82, 2.24) is 0 Å². The Kier molecular flexibility index (Phi) is 5.09. The number of esters is 1. The van der Waals surface area contributed by atoms with Crippen LogP contribution in [0.25, 0.3) is 0 Å². The second-order valence-corrected chi connectivity index (χ2v) is 4.66. The van der Waals surface area contributed by atoms with E-state index < -0.39 is 0 Å². The standard InChI is InChI=1S/C10H9Br2ClO2/c1-2-15-10(14)9-6(5-11)3-7(12)4-8(9)13/h3-4H,2,5H2,1H3. The molecule has 2 nitrogen and oxygen atoms in total.